The van der Waals surface area contributed by atoms with Gasteiger partial charge in [0.15, 0.2) is 0 Å². The standard InChI is InChI=1S/C14H24N2O3/c1-10-9-11-5-2-3-6-12(11)16(10)14(19)15-8-4-7-13(17)18/h10-12H,2-9H2,1H3,(H,15,19)(H,17,18). The van der Waals surface area contributed by atoms with Crippen LogP contribution in [0.5, 0.6) is 0 Å². The number of carboxylic acid groups (broad SMARTS) is 1. The lowest BCUT2D eigenvalue weighted by molar-refractivity contribution is -0.137. The van der Waals surface area contributed by atoms with Crippen molar-refractivity contribution in [3.8, 4) is 0 Å². The second kappa shape index (κ2) is 6.26. The van der Waals surface area contributed by atoms with Crippen LogP contribution >= 0.6 is 0 Å². The number of aliphatic carboxylic acids is 1. The molecule has 2 rings (SSSR count). The molecule has 0 aromatic carbocycles. The molecule has 1 aliphatic heterocycles. The van der Waals surface area contributed by atoms with Gasteiger partial charge in [-0.2, -0.15) is 0 Å². The molecule has 0 bridgehead atoms. The zero-order chi connectivity index (χ0) is 13.8. The highest BCUT2D eigenvalue weighted by Crippen LogP contribution is 2.39. The van der Waals surface area contributed by atoms with Crippen LogP contribution < -0.4 is 5.32 Å². The maximum absolute atomic E-state index is 12.2. The third kappa shape index (κ3) is 3.39. The Balaban J connectivity index is 1.82. The first kappa shape index (κ1) is 14.2. The maximum Gasteiger partial charge on any atom is 0.317 e. The van der Waals surface area contributed by atoms with Crippen molar-refractivity contribution < 1.29 is 14.7 Å². The summed E-state index contributed by atoms with van der Waals surface area (Å²) < 4.78 is 0. The Bertz CT molecular complexity index is 346. The molecule has 2 N–H and O–H groups in total. The van der Waals surface area contributed by atoms with Gasteiger partial charge in [-0.25, -0.2) is 4.79 Å². The smallest absolute Gasteiger partial charge is 0.317 e. The minimum atomic E-state index is -0.809. The summed E-state index contributed by atoms with van der Waals surface area (Å²) in [6.45, 7) is 2.57. The maximum atomic E-state index is 12.2. The molecule has 1 heterocycles. The lowest BCUT2D eigenvalue weighted by Crippen LogP contribution is -2.47. The van der Waals surface area contributed by atoms with Gasteiger partial charge in [-0.15, -0.1) is 0 Å². The fourth-order valence-corrected chi connectivity index (χ4v) is 3.58. The number of carboxylic acids is 1. The van der Waals surface area contributed by atoms with Gasteiger partial charge in [0.1, 0.15) is 0 Å². The molecule has 1 saturated heterocycles. The van der Waals surface area contributed by atoms with E-state index in [1.165, 1.54) is 19.3 Å². The van der Waals surface area contributed by atoms with Crippen molar-refractivity contribution in [2.75, 3.05) is 6.54 Å². The molecule has 5 heteroatoms. The number of nitrogens with one attached hydrogen (secondary N) is 1. The van der Waals surface area contributed by atoms with Crippen molar-refractivity contribution in [3.63, 3.8) is 0 Å². The number of nitrogens with zero attached hydrogens (tertiary/aromatic N) is 1. The van der Waals surface area contributed by atoms with Crippen LogP contribution in [0.15, 0.2) is 0 Å². The zero-order valence-electron chi connectivity index (χ0n) is 11.6. The summed E-state index contributed by atoms with van der Waals surface area (Å²) in [7, 11) is 0. The van der Waals surface area contributed by atoms with Gasteiger partial charge < -0.3 is 15.3 Å². The number of amides is 2. The van der Waals surface area contributed by atoms with Crippen LogP contribution in [0.25, 0.3) is 0 Å². The van der Waals surface area contributed by atoms with Crippen LogP contribution in [0.1, 0.15) is 51.9 Å². The number of rotatable bonds is 4. The molecule has 1 saturated carbocycles. The molecule has 0 aromatic heterocycles. The molecular formula is C14H24N2O3. The highest BCUT2D eigenvalue weighted by Gasteiger charge is 2.42. The van der Waals surface area contributed by atoms with Gasteiger partial charge in [-0.05, 0) is 38.5 Å². The van der Waals surface area contributed by atoms with Crippen molar-refractivity contribution in [1.82, 2.24) is 10.2 Å². The third-order valence-electron chi connectivity index (χ3n) is 4.42. The summed E-state index contributed by atoms with van der Waals surface area (Å²) >= 11 is 0. The van der Waals surface area contributed by atoms with E-state index >= 15 is 0 Å². The van der Waals surface area contributed by atoms with Gasteiger partial charge in [-0.3, -0.25) is 4.79 Å². The average molecular weight is 268 g/mol. The van der Waals surface area contributed by atoms with Gasteiger partial charge in [0.25, 0.3) is 0 Å². The summed E-state index contributed by atoms with van der Waals surface area (Å²) in [4.78, 5) is 24.6. The summed E-state index contributed by atoms with van der Waals surface area (Å²) in [5, 5.41) is 11.4. The molecular weight excluding hydrogens is 244 g/mol. The normalized spacial score (nSPS) is 29.9. The topological polar surface area (TPSA) is 69.6 Å². The Labute approximate surface area is 114 Å². The van der Waals surface area contributed by atoms with Crippen molar-refractivity contribution in [3.05, 3.63) is 0 Å². The van der Waals surface area contributed by atoms with E-state index in [2.05, 4.69) is 12.2 Å². The van der Waals surface area contributed by atoms with Crippen molar-refractivity contribution >= 4 is 12.0 Å². The molecule has 2 aliphatic rings. The Morgan fingerprint density at radius 1 is 1.32 bits per heavy atom. The van der Waals surface area contributed by atoms with Crippen LogP contribution in [-0.4, -0.2) is 40.6 Å². The van der Waals surface area contributed by atoms with Gasteiger partial charge >= 0.3 is 12.0 Å². The summed E-state index contributed by atoms with van der Waals surface area (Å²) in [5.41, 5.74) is 0. The van der Waals surface area contributed by atoms with Gasteiger partial charge in [-0.1, -0.05) is 12.8 Å². The first-order valence-electron chi connectivity index (χ1n) is 7.37. The molecule has 2 fully saturated rings. The predicted molar refractivity (Wildman–Crippen MR) is 71.9 cm³/mol. The number of urea groups is 1. The number of fused-ring (bicyclic) bond motifs is 1. The van der Waals surface area contributed by atoms with E-state index in [1.807, 2.05) is 4.90 Å². The van der Waals surface area contributed by atoms with Crippen molar-refractivity contribution in [1.29, 1.82) is 0 Å². The molecule has 5 nitrogen and oxygen atoms in total. The van der Waals surface area contributed by atoms with Crippen molar-refractivity contribution in [2.45, 2.75) is 64.0 Å². The minimum absolute atomic E-state index is 0.00714. The zero-order valence-corrected chi connectivity index (χ0v) is 11.6. The fraction of sp³-hybridized carbons (Fsp3) is 0.857. The molecule has 3 unspecified atom stereocenters. The molecule has 3 atom stereocenters. The van der Waals surface area contributed by atoms with Crippen molar-refractivity contribution in [2.24, 2.45) is 5.92 Å². The second-order valence-corrected chi connectivity index (χ2v) is 5.83. The molecule has 0 aromatic rings. The first-order valence-corrected chi connectivity index (χ1v) is 7.37. The van der Waals surface area contributed by atoms with E-state index in [0.717, 1.165) is 12.8 Å². The Kier molecular flexibility index (Phi) is 4.66. The summed E-state index contributed by atoms with van der Waals surface area (Å²) in [6.07, 6.45) is 6.61. The number of hydrogen-bond donors (Lipinski definition) is 2. The van der Waals surface area contributed by atoms with E-state index in [0.29, 0.717) is 31.0 Å². The second-order valence-electron chi connectivity index (χ2n) is 5.83. The SMILES string of the molecule is CC1CC2CCCCC2N1C(=O)NCCCC(=O)O. The Hall–Kier alpha value is -1.26. The average Bonchev–Trinajstić information content (AvgIpc) is 2.70. The number of hydrogen-bond acceptors (Lipinski definition) is 2. The molecule has 2 amide bonds. The van der Waals surface area contributed by atoms with Crippen LogP contribution in [0.3, 0.4) is 0 Å². The molecule has 0 radical (unpaired) electrons. The van der Waals surface area contributed by atoms with Gasteiger partial charge in [0, 0.05) is 25.0 Å². The largest absolute Gasteiger partial charge is 0.481 e. The monoisotopic (exact) mass is 268 g/mol. The van der Waals surface area contributed by atoms with E-state index in [9.17, 15) is 9.59 Å². The highest BCUT2D eigenvalue weighted by atomic mass is 16.4. The van der Waals surface area contributed by atoms with E-state index in [-0.39, 0.29) is 12.5 Å². The molecule has 1 aliphatic carbocycles. The fourth-order valence-electron chi connectivity index (χ4n) is 3.58. The molecule has 19 heavy (non-hydrogen) atoms. The van der Waals surface area contributed by atoms with Crippen LogP contribution in [0.4, 0.5) is 4.79 Å². The lowest BCUT2D eigenvalue weighted by atomic mass is 9.85. The lowest BCUT2D eigenvalue weighted by Gasteiger charge is -2.33. The first-order chi connectivity index (χ1) is 9.09. The highest BCUT2D eigenvalue weighted by molar-refractivity contribution is 5.75. The summed E-state index contributed by atoms with van der Waals surface area (Å²) in [6, 6.07) is 0.711. The van der Waals surface area contributed by atoms with Gasteiger partial charge in [0.05, 0.1) is 0 Å². The van der Waals surface area contributed by atoms with Crippen LogP contribution in [0.2, 0.25) is 0 Å². The minimum Gasteiger partial charge on any atom is -0.481 e. The predicted octanol–water partition coefficient (Wildman–Crippen LogP) is 2.21. The Morgan fingerprint density at radius 3 is 2.79 bits per heavy atom. The Morgan fingerprint density at radius 2 is 2.05 bits per heavy atom. The van der Waals surface area contributed by atoms with E-state index in [1.54, 1.807) is 0 Å². The van der Waals surface area contributed by atoms with E-state index < -0.39 is 5.97 Å². The number of carbonyl (C=O) groups is 2. The van der Waals surface area contributed by atoms with E-state index in [4.69, 9.17) is 5.11 Å². The third-order valence-corrected chi connectivity index (χ3v) is 4.42. The number of carbonyl (C=O) groups excluding carboxylic acids is 1. The van der Waals surface area contributed by atoms with Gasteiger partial charge in [0.2, 0.25) is 0 Å². The molecule has 108 valence electrons. The van der Waals surface area contributed by atoms with Crippen LogP contribution in [-0.2, 0) is 4.79 Å². The summed E-state index contributed by atoms with van der Waals surface area (Å²) in [5.74, 6) is -0.135. The van der Waals surface area contributed by atoms with Crippen LogP contribution in [0, 0.1) is 5.92 Å². The quantitative estimate of drug-likeness (QED) is 0.768. The number of likely N-dealkylation sites (tertiary alicyclic amines) is 1. The molecule has 0 spiro atoms.